The number of hydrogen-bond acceptors (Lipinski definition) is 5. The quantitative estimate of drug-likeness (QED) is 0.709. The van der Waals surface area contributed by atoms with Crippen molar-refractivity contribution in [1.29, 1.82) is 0 Å². The Kier molecular flexibility index (Phi) is 4.14. The van der Waals surface area contributed by atoms with Crippen LogP contribution in [0.4, 0.5) is 14.6 Å². The van der Waals surface area contributed by atoms with E-state index in [0.717, 1.165) is 6.20 Å². The first-order chi connectivity index (χ1) is 13.0. The number of pyridine rings is 2. The summed E-state index contributed by atoms with van der Waals surface area (Å²) >= 11 is 0. The Hall–Kier alpha value is -3.23. The highest BCUT2D eigenvalue weighted by atomic mass is 19.1. The van der Waals surface area contributed by atoms with Crippen LogP contribution >= 0.6 is 0 Å². The molecule has 1 aliphatic carbocycles. The monoisotopic (exact) mass is 378 g/mol. The molecule has 144 valence electrons. The van der Waals surface area contributed by atoms with Gasteiger partial charge >= 0.3 is 0 Å². The van der Waals surface area contributed by atoms with Gasteiger partial charge in [0.05, 0.1) is 31.9 Å². The Balaban J connectivity index is 0.00000150. The molecule has 2 unspecified atom stereocenters. The Morgan fingerprint density at radius 3 is 2.81 bits per heavy atom. The highest BCUT2D eigenvalue weighted by Crippen LogP contribution is 2.41. The maximum atomic E-state index is 14.1. The van der Waals surface area contributed by atoms with Crippen molar-refractivity contribution in [1.82, 2.24) is 15.0 Å². The van der Waals surface area contributed by atoms with Crippen LogP contribution in [0.1, 0.15) is 9.27 Å². The molecule has 7 nitrogen and oxygen atoms in total. The molecule has 1 amide bonds. The van der Waals surface area contributed by atoms with Crippen LogP contribution in [-0.4, -0.2) is 41.3 Å². The normalized spacial score (nSPS) is 18.4. The summed E-state index contributed by atoms with van der Waals surface area (Å²) in [7, 11) is 2.79. The molecular weight excluding hydrogens is 358 g/mol. The number of ether oxygens (including phenoxy) is 2. The van der Waals surface area contributed by atoms with Crippen LogP contribution in [0.3, 0.4) is 0 Å². The molecule has 3 heterocycles. The maximum Gasteiger partial charge on any atom is 0.231 e. The number of amides is 1. The van der Waals surface area contributed by atoms with E-state index in [1.807, 2.05) is 0 Å². The number of aromatic nitrogens is 3. The van der Waals surface area contributed by atoms with E-state index in [1.54, 1.807) is 18.3 Å². The minimum absolute atomic E-state index is 0. The SMILES string of the molecule is COc1ncc(F)c(OC)c1-c1c[nH]c2nc(NC(=O)C3CC3F)ccc12.[HH].[HH]. The molecule has 4 rings (SSSR count). The Bertz CT molecular complexity index is 1050. The van der Waals surface area contributed by atoms with Gasteiger partial charge in [0, 0.05) is 20.0 Å². The summed E-state index contributed by atoms with van der Waals surface area (Å²) in [6, 6.07) is 3.31. The van der Waals surface area contributed by atoms with Crippen LogP contribution in [-0.2, 0) is 4.79 Å². The number of carbonyl (C=O) groups excluding carboxylic acids is 1. The van der Waals surface area contributed by atoms with Gasteiger partial charge in [-0.05, 0) is 18.6 Å². The summed E-state index contributed by atoms with van der Waals surface area (Å²) in [6.07, 6.45) is 1.82. The van der Waals surface area contributed by atoms with Gasteiger partial charge in [0.25, 0.3) is 0 Å². The number of carbonyl (C=O) groups is 1. The third-order valence-electron chi connectivity index (χ3n) is 4.46. The second-order valence-electron chi connectivity index (χ2n) is 6.17. The smallest absolute Gasteiger partial charge is 0.231 e. The highest BCUT2D eigenvalue weighted by Gasteiger charge is 2.43. The molecule has 3 aromatic rings. The van der Waals surface area contributed by atoms with E-state index in [9.17, 15) is 13.6 Å². The lowest BCUT2D eigenvalue weighted by molar-refractivity contribution is -0.117. The largest absolute Gasteiger partial charge is 0.493 e. The molecule has 27 heavy (non-hydrogen) atoms. The Morgan fingerprint density at radius 2 is 2.15 bits per heavy atom. The number of nitrogens with zero attached hydrogens (tertiary/aromatic N) is 2. The second-order valence-corrected chi connectivity index (χ2v) is 6.17. The van der Waals surface area contributed by atoms with Crippen molar-refractivity contribution >= 4 is 22.8 Å². The van der Waals surface area contributed by atoms with Gasteiger partial charge < -0.3 is 19.8 Å². The van der Waals surface area contributed by atoms with Gasteiger partial charge in [0.2, 0.25) is 11.8 Å². The topological polar surface area (TPSA) is 89.1 Å². The molecule has 0 saturated heterocycles. The number of nitrogens with one attached hydrogen (secondary N) is 2. The standard InChI is InChI=1S/C18H16F2N4O3.2H2/c1-26-15-12(20)7-22-18(27-2)14(15)10-6-21-16-8(10)3-4-13(23-16)24-17(25)9-5-11(9)19;;/h3-4,6-7,9,11H,5H2,1-2H3,(H2,21,23,24,25);2*1H. The van der Waals surface area contributed by atoms with Crippen LogP contribution in [0, 0.1) is 11.7 Å². The third-order valence-corrected chi connectivity index (χ3v) is 4.46. The van der Waals surface area contributed by atoms with Crippen molar-refractivity contribution < 1.29 is 25.9 Å². The van der Waals surface area contributed by atoms with E-state index in [1.165, 1.54) is 14.2 Å². The van der Waals surface area contributed by atoms with Crippen LogP contribution in [0.2, 0.25) is 0 Å². The van der Waals surface area contributed by atoms with E-state index in [2.05, 4.69) is 20.3 Å². The maximum absolute atomic E-state index is 14.1. The Morgan fingerprint density at radius 1 is 1.37 bits per heavy atom. The number of methoxy groups -OCH3 is 2. The number of fused-ring (bicyclic) bond motifs is 1. The fraction of sp³-hybridized carbons (Fsp3) is 0.278. The summed E-state index contributed by atoms with van der Waals surface area (Å²) in [5, 5.41) is 3.26. The Labute approximate surface area is 155 Å². The minimum Gasteiger partial charge on any atom is -0.493 e. The number of halogens is 2. The zero-order chi connectivity index (χ0) is 19.1. The predicted octanol–water partition coefficient (Wildman–Crippen LogP) is 3.57. The van der Waals surface area contributed by atoms with Crippen molar-refractivity contribution in [3.63, 3.8) is 0 Å². The molecule has 9 heteroatoms. The first-order valence-corrected chi connectivity index (χ1v) is 8.23. The van der Waals surface area contributed by atoms with Crippen LogP contribution in [0.5, 0.6) is 11.6 Å². The summed E-state index contributed by atoms with van der Waals surface area (Å²) < 4.78 is 37.6. The lowest BCUT2D eigenvalue weighted by Crippen LogP contribution is -2.15. The average Bonchev–Trinajstić information content (AvgIpc) is 3.26. The molecule has 2 atom stereocenters. The average molecular weight is 378 g/mol. The van der Waals surface area contributed by atoms with Gasteiger partial charge in [0.1, 0.15) is 17.6 Å². The van der Waals surface area contributed by atoms with E-state index < -0.39 is 23.8 Å². The molecule has 1 fully saturated rings. The summed E-state index contributed by atoms with van der Waals surface area (Å²) in [5.41, 5.74) is 1.40. The first-order valence-electron chi connectivity index (χ1n) is 8.23. The van der Waals surface area contributed by atoms with Gasteiger partial charge in [0.15, 0.2) is 11.6 Å². The molecule has 2 N–H and O–H groups in total. The number of aromatic amines is 1. The van der Waals surface area contributed by atoms with Crippen LogP contribution in [0.15, 0.2) is 24.5 Å². The van der Waals surface area contributed by atoms with E-state index in [4.69, 9.17) is 9.47 Å². The van der Waals surface area contributed by atoms with Gasteiger partial charge in [-0.15, -0.1) is 0 Å². The zero-order valence-electron chi connectivity index (χ0n) is 14.5. The minimum atomic E-state index is -1.08. The zero-order valence-corrected chi connectivity index (χ0v) is 14.5. The molecule has 0 aliphatic heterocycles. The van der Waals surface area contributed by atoms with Crippen molar-refractivity contribution in [2.45, 2.75) is 12.6 Å². The lowest BCUT2D eigenvalue weighted by Gasteiger charge is -2.12. The van der Waals surface area contributed by atoms with Gasteiger partial charge in [-0.1, -0.05) is 0 Å². The molecule has 0 radical (unpaired) electrons. The summed E-state index contributed by atoms with van der Waals surface area (Å²) in [6.45, 7) is 0. The van der Waals surface area contributed by atoms with Crippen LogP contribution in [0.25, 0.3) is 22.2 Å². The van der Waals surface area contributed by atoms with Gasteiger partial charge in [-0.2, -0.15) is 0 Å². The molecular formula is C18H20F2N4O3. The van der Waals surface area contributed by atoms with E-state index in [0.29, 0.717) is 28.0 Å². The molecule has 1 saturated carbocycles. The van der Waals surface area contributed by atoms with Crippen molar-refractivity contribution in [3.05, 3.63) is 30.3 Å². The fourth-order valence-corrected chi connectivity index (χ4v) is 2.98. The number of rotatable bonds is 5. The molecule has 0 aromatic carbocycles. The first kappa shape index (κ1) is 17.2. The number of anilines is 1. The second kappa shape index (κ2) is 6.49. The summed E-state index contributed by atoms with van der Waals surface area (Å²) in [4.78, 5) is 23.1. The van der Waals surface area contributed by atoms with Gasteiger partial charge in [-0.25, -0.2) is 18.7 Å². The lowest BCUT2D eigenvalue weighted by atomic mass is 10.1. The number of H-pyrrole nitrogens is 1. The van der Waals surface area contributed by atoms with E-state index in [-0.39, 0.29) is 20.9 Å². The summed E-state index contributed by atoms with van der Waals surface area (Å²) in [5.74, 6) is -1.11. The number of hydrogen-bond donors (Lipinski definition) is 2. The fourth-order valence-electron chi connectivity index (χ4n) is 2.98. The predicted molar refractivity (Wildman–Crippen MR) is 98.2 cm³/mol. The molecule has 3 aromatic heterocycles. The van der Waals surface area contributed by atoms with Gasteiger partial charge in [-0.3, -0.25) is 4.79 Å². The molecule has 1 aliphatic rings. The third kappa shape index (κ3) is 2.94. The van der Waals surface area contributed by atoms with Crippen LogP contribution < -0.4 is 14.8 Å². The van der Waals surface area contributed by atoms with Crippen molar-refractivity contribution in [2.75, 3.05) is 19.5 Å². The van der Waals surface area contributed by atoms with Crippen molar-refractivity contribution in [3.8, 4) is 22.8 Å². The van der Waals surface area contributed by atoms with E-state index >= 15 is 0 Å². The highest BCUT2D eigenvalue weighted by molar-refractivity contribution is 5.99. The van der Waals surface area contributed by atoms with Crippen molar-refractivity contribution in [2.24, 2.45) is 5.92 Å². The number of alkyl halides is 1. The molecule has 0 spiro atoms. The molecule has 0 bridgehead atoms.